The fourth-order valence-corrected chi connectivity index (χ4v) is 5.52. The number of hydrogen-bond donors (Lipinski definition) is 1. The molecule has 0 aromatic heterocycles. The fraction of sp³-hybridized carbons (Fsp3) is 0.308. The third-order valence-corrected chi connectivity index (χ3v) is 6.95. The molecular formula is C26H28BrNO3. The molecule has 2 atom stereocenters. The predicted octanol–water partition coefficient (Wildman–Crippen LogP) is 1.78. The molecule has 0 radical (unpaired) electrons. The zero-order valence-corrected chi connectivity index (χ0v) is 19.6. The number of phenols is 1. The van der Waals surface area contributed by atoms with Gasteiger partial charge in [-0.05, 0) is 29.3 Å². The Labute approximate surface area is 194 Å². The van der Waals surface area contributed by atoms with E-state index >= 15 is 0 Å². The van der Waals surface area contributed by atoms with Crippen LogP contribution >= 0.6 is 0 Å². The molecule has 0 saturated carbocycles. The number of rotatable bonds is 4. The van der Waals surface area contributed by atoms with E-state index in [9.17, 15) is 5.11 Å². The van der Waals surface area contributed by atoms with Crippen LogP contribution in [0.4, 0.5) is 0 Å². The highest BCUT2D eigenvalue weighted by Gasteiger charge is 2.47. The topological polar surface area (TPSA) is 38.7 Å². The Bertz CT molecular complexity index is 1090. The molecule has 0 fully saturated rings. The number of aromatic hydroxyl groups is 1. The van der Waals surface area contributed by atoms with E-state index in [1.807, 2.05) is 18.2 Å². The van der Waals surface area contributed by atoms with Gasteiger partial charge in [0.15, 0.2) is 11.5 Å². The van der Waals surface area contributed by atoms with Gasteiger partial charge in [0, 0.05) is 24.0 Å². The molecule has 0 aliphatic carbocycles. The van der Waals surface area contributed by atoms with Crippen LogP contribution < -0.4 is 26.5 Å². The molecule has 0 bridgehead atoms. The summed E-state index contributed by atoms with van der Waals surface area (Å²) in [5.41, 5.74) is 6.57. The molecule has 5 rings (SSSR count). The zero-order chi connectivity index (χ0) is 20.7. The Morgan fingerprint density at radius 3 is 2.48 bits per heavy atom. The Balaban J connectivity index is 0.00000231. The van der Waals surface area contributed by atoms with E-state index < -0.39 is 0 Å². The van der Waals surface area contributed by atoms with Gasteiger partial charge in [0.1, 0.15) is 24.9 Å². The third kappa shape index (κ3) is 3.70. The monoisotopic (exact) mass is 481 g/mol. The Kier molecular flexibility index (Phi) is 6.00. The Morgan fingerprint density at radius 2 is 1.74 bits per heavy atom. The molecule has 1 N–H and O–H groups in total. The number of methoxy groups -OCH3 is 2. The van der Waals surface area contributed by atoms with Gasteiger partial charge in [-0.25, -0.2) is 0 Å². The van der Waals surface area contributed by atoms with Gasteiger partial charge in [-0.1, -0.05) is 42.5 Å². The summed E-state index contributed by atoms with van der Waals surface area (Å²) in [4.78, 5) is 0. The number of fused-ring (bicyclic) bond motifs is 4. The molecule has 2 unspecified atom stereocenters. The minimum absolute atomic E-state index is 0. The average molecular weight is 482 g/mol. The molecule has 5 heteroatoms. The largest absolute Gasteiger partial charge is 1.00 e. The van der Waals surface area contributed by atoms with E-state index in [4.69, 9.17) is 9.47 Å². The van der Waals surface area contributed by atoms with Crippen molar-refractivity contribution >= 4 is 0 Å². The average Bonchev–Trinajstić information content (AvgIpc) is 2.77. The first kappa shape index (κ1) is 21.7. The fourth-order valence-electron chi connectivity index (χ4n) is 5.52. The van der Waals surface area contributed by atoms with Gasteiger partial charge in [-0.15, -0.1) is 0 Å². The molecule has 31 heavy (non-hydrogen) atoms. The molecular weight excluding hydrogens is 454 g/mol. The number of nitrogens with zero attached hydrogens (tertiary/aromatic N) is 1. The third-order valence-electron chi connectivity index (χ3n) is 6.95. The minimum atomic E-state index is 0. The molecule has 2 aliphatic heterocycles. The van der Waals surface area contributed by atoms with Crippen LogP contribution in [0.5, 0.6) is 17.2 Å². The summed E-state index contributed by atoms with van der Waals surface area (Å²) in [7, 11) is 3.43. The van der Waals surface area contributed by atoms with Crippen molar-refractivity contribution in [2.45, 2.75) is 32.0 Å². The summed E-state index contributed by atoms with van der Waals surface area (Å²) in [6.07, 6.45) is 1.94. The van der Waals surface area contributed by atoms with Crippen molar-refractivity contribution in [2.24, 2.45) is 0 Å². The lowest BCUT2D eigenvalue weighted by Crippen LogP contribution is -3.00. The van der Waals surface area contributed by atoms with Crippen LogP contribution in [0.25, 0.3) is 0 Å². The summed E-state index contributed by atoms with van der Waals surface area (Å²) >= 11 is 0. The smallest absolute Gasteiger partial charge is 0.169 e. The first-order valence-electron chi connectivity index (χ1n) is 10.6. The van der Waals surface area contributed by atoms with Crippen LogP contribution in [0.1, 0.15) is 33.9 Å². The van der Waals surface area contributed by atoms with Crippen LogP contribution in [0.3, 0.4) is 0 Å². The molecule has 0 amide bonds. The second kappa shape index (κ2) is 8.56. The number of quaternary nitrogens is 1. The molecule has 162 valence electrons. The number of ether oxygens (including phenoxy) is 2. The lowest BCUT2D eigenvalue weighted by molar-refractivity contribution is -0.985. The summed E-state index contributed by atoms with van der Waals surface area (Å²) in [6.45, 7) is 2.92. The standard InChI is InChI=1S/C26H27NO3.BrH/c1-29-25-11-9-20-14-24-22-15-21(28)10-8-19(22)12-13-27(24,17-23(20)26(25)30-2)16-18-6-4-3-5-7-18;/h3-11,15,24H,12-14,16-17H2,1-2H3;1H. The normalized spacial score (nSPS) is 21.2. The summed E-state index contributed by atoms with van der Waals surface area (Å²) < 4.78 is 12.4. The van der Waals surface area contributed by atoms with Gasteiger partial charge < -0.3 is 36.0 Å². The van der Waals surface area contributed by atoms with E-state index in [1.165, 1.54) is 27.8 Å². The maximum Gasteiger partial charge on any atom is 0.169 e. The number of hydrogen-bond acceptors (Lipinski definition) is 3. The van der Waals surface area contributed by atoms with Crippen molar-refractivity contribution in [3.05, 3.63) is 88.5 Å². The molecule has 4 nitrogen and oxygen atoms in total. The Hall–Kier alpha value is -2.50. The van der Waals surface area contributed by atoms with Gasteiger partial charge in [0.05, 0.1) is 26.3 Å². The lowest BCUT2D eigenvalue weighted by atomic mass is 9.80. The first-order chi connectivity index (χ1) is 14.6. The zero-order valence-electron chi connectivity index (χ0n) is 18.0. The molecule has 0 saturated heterocycles. The van der Waals surface area contributed by atoms with Crippen LogP contribution in [-0.2, 0) is 25.9 Å². The Morgan fingerprint density at radius 1 is 0.968 bits per heavy atom. The maximum absolute atomic E-state index is 10.3. The van der Waals surface area contributed by atoms with Crippen molar-refractivity contribution in [3.8, 4) is 17.2 Å². The van der Waals surface area contributed by atoms with E-state index in [0.717, 1.165) is 48.5 Å². The highest BCUT2D eigenvalue weighted by atomic mass is 79.9. The van der Waals surface area contributed by atoms with Gasteiger partial charge in [-0.3, -0.25) is 0 Å². The maximum atomic E-state index is 10.3. The van der Waals surface area contributed by atoms with Crippen LogP contribution in [0.2, 0.25) is 0 Å². The van der Waals surface area contributed by atoms with Crippen molar-refractivity contribution in [1.29, 1.82) is 0 Å². The van der Waals surface area contributed by atoms with Crippen LogP contribution in [0, 0.1) is 0 Å². The number of phenolic OH excluding ortho intramolecular Hbond substituents is 1. The van der Waals surface area contributed by atoms with E-state index in [-0.39, 0.29) is 17.0 Å². The van der Waals surface area contributed by atoms with Crippen molar-refractivity contribution in [2.75, 3.05) is 20.8 Å². The molecule has 3 aromatic carbocycles. The molecule has 3 aromatic rings. The second-order valence-electron chi connectivity index (χ2n) is 8.54. The van der Waals surface area contributed by atoms with E-state index in [0.29, 0.717) is 11.8 Å². The van der Waals surface area contributed by atoms with Gasteiger partial charge in [-0.2, -0.15) is 0 Å². The molecule has 0 spiro atoms. The summed E-state index contributed by atoms with van der Waals surface area (Å²) in [5, 5.41) is 10.3. The van der Waals surface area contributed by atoms with Crippen LogP contribution in [0.15, 0.2) is 60.7 Å². The van der Waals surface area contributed by atoms with E-state index in [2.05, 4.69) is 42.5 Å². The summed E-state index contributed by atoms with van der Waals surface area (Å²) in [6, 6.07) is 21.2. The summed E-state index contributed by atoms with van der Waals surface area (Å²) in [5.74, 6) is 2.01. The van der Waals surface area contributed by atoms with Crippen LogP contribution in [-0.4, -0.2) is 30.4 Å². The second-order valence-corrected chi connectivity index (χ2v) is 8.54. The van der Waals surface area contributed by atoms with E-state index in [1.54, 1.807) is 14.2 Å². The quantitative estimate of drug-likeness (QED) is 0.577. The molecule has 2 aliphatic rings. The SMILES string of the molecule is COc1ccc2c(c1OC)C[N+]1(Cc3ccccc3)CCc3ccc(O)cc3C1C2.[Br-]. The van der Waals surface area contributed by atoms with Crippen molar-refractivity contribution in [1.82, 2.24) is 0 Å². The lowest BCUT2D eigenvalue weighted by Gasteiger charge is -2.51. The highest BCUT2D eigenvalue weighted by Crippen LogP contribution is 2.49. The number of benzene rings is 3. The molecule has 2 heterocycles. The van der Waals surface area contributed by atoms with Gasteiger partial charge >= 0.3 is 0 Å². The van der Waals surface area contributed by atoms with Gasteiger partial charge in [0.25, 0.3) is 0 Å². The van der Waals surface area contributed by atoms with Crippen molar-refractivity contribution < 1.29 is 36.0 Å². The predicted molar refractivity (Wildman–Crippen MR) is 117 cm³/mol. The minimum Gasteiger partial charge on any atom is -1.00 e. The van der Waals surface area contributed by atoms with Gasteiger partial charge in [0.2, 0.25) is 0 Å². The highest BCUT2D eigenvalue weighted by molar-refractivity contribution is 5.52. The number of halogens is 1. The first-order valence-corrected chi connectivity index (χ1v) is 10.6. The van der Waals surface area contributed by atoms with Crippen molar-refractivity contribution in [3.63, 3.8) is 0 Å².